The molecule has 1 heterocycles. The van der Waals surface area contributed by atoms with Crippen LogP contribution < -0.4 is 5.32 Å². The average molecular weight is 274 g/mol. The van der Waals surface area contributed by atoms with Gasteiger partial charge in [0.1, 0.15) is 0 Å². The maximum absolute atomic E-state index is 12.3. The van der Waals surface area contributed by atoms with Crippen LogP contribution in [0.2, 0.25) is 0 Å². The summed E-state index contributed by atoms with van der Waals surface area (Å²) < 4.78 is 24.5. The van der Waals surface area contributed by atoms with Crippen molar-refractivity contribution >= 4 is 11.3 Å². The first-order valence-corrected chi connectivity index (χ1v) is 7.14. The van der Waals surface area contributed by atoms with E-state index in [1.807, 2.05) is 0 Å². The Hall–Kier alpha value is -0.520. The molecular formula is C13H20F2N2S. The van der Waals surface area contributed by atoms with Crippen molar-refractivity contribution in [3.8, 4) is 0 Å². The van der Waals surface area contributed by atoms with E-state index in [1.165, 1.54) is 28.2 Å². The predicted molar refractivity (Wildman–Crippen MR) is 71.3 cm³/mol. The van der Waals surface area contributed by atoms with Gasteiger partial charge in [-0.15, -0.1) is 11.3 Å². The van der Waals surface area contributed by atoms with Crippen molar-refractivity contribution < 1.29 is 8.78 Å². The zero-order valence-corrected chi connectivity index (χ0v) is 11.7. The van der Waals surface area contributed by atoms with Gasteiger partial charge in [0.05, 0.1) is 6.54 Å². The second-order valence-electron chi connectivity index (χ2n) is 5.04. The zero-order chi connectivity index (χ0) is 13.1. The first kappa shape index (κ1) is 13.9. The standard InChI is InChI=1S/C13H20F2N2S/c1-9-10(7-17(2)8-13(14)15)5-12(18-9)6-16-11-3-4-11/h5,11,13,16H,3-4,6-8H2,1-2H3. The number of hydrogen-bond donors (Lipinski definition) is 1. The Kier molecular flexibility index (Phi) is 4.70. The van der Waals surface area contributed by atoms with Gasteiger partial charge in [0, 0.05) is 28.9 Å². The lowest BCUT2D eigenvalue weighted by Crippen LogP contribution is -2.24. The van der Waals surface area contributed by atoms with Gasteiger partial charge < -0.3 is 5.32 Å². The van der Waals surface area contributed by atoms with Crippen molar-refractivity contribution in [3.05, 3.63) is 21.4 Å². The zero-order valence-electron chi connectivity index (χ0n) is 10.9. The van der Waals surface area contributed by atoms with Crippen molar-refractivity contribution in [2.75, 3.05) is 13.6 Å². The molecule has 1 aromatic rings. The Balaban J connectivity index is 1.86. The van der Waals surface area contributed by atoms with Gasteiger partial charge in [-0.05, 0) is 38.4 Å². The van der Waals surface area contributed by atoms with Gasteiger partial charge >= 0.3 is 0 Å². The van der Waals surface area contributed by atoms with Crippen LogP contribution in [-0.2, 0) is 13.1 Å². The summed E-state index contributed by atoms with van der Waals surface area (Å²) in [5, 5.41) is 3.48. The van der Waals surface area contributed by atoms with E-state index in [2.05, 4.69) is 18.3 Å². The molecule has 0 aliphatic heterocycles. The fourth-order valence-corrected chi connectivity index (χ4v) is 2.96. The van der Waals surface area contributed by atoms with Crippen LogP contribution in [0.4, 0.5) is 8.78 Å². The third-order valence-corrected chi connectivity index (χ3v) is 4.20. The monoisotopic (exact) mass is 274 g/mol. The fraction of sp³-hybridized carbons (Fsp3) is 0.692. The maximum Gasteiger partial charge on any atom is 0.251 e. The number of hydrogen-bond acceptors (Lipinski definition) is 3. The van der Waals surface area contributed by atoms with Crippen LogP contribution in [0.3, 0.4) is 0 Å². The molecule has 0 aromatic carbocycles. The molecule has 1 aromatic heterocycles. The molecule has 0 atom stereocenters. The Labute approximate surface area is 111 Å². The summed E-state index contributed by atoms with van der Waals surface area (Å²) in [7, 11) is 1.74. The SMILES string of the molecule is Cc1sc(CNC2CC2)cc1CN(C)CC(F)F. The third kappa shape index (κ3) is 4.30. The molecule has 1 N–H and O–H groups in total. The molecule has 0 unspecified atom stereocenters. The van der Waals surface area contributed by atoms with E-state index in [0.717, 1.165) is 6.54 Å². The minimum Gasteiger partial charge on any atom is -0.309 e. The summed E-state index contributed by atoms with van der Waals surface area (Å²) in [6.07, 6.45) is 0.313. The summed E-state index contributed by atoms with van der Waals surface area (Å²) >= 11 is 1.77. The van der Waals surface area contributed by atoms with Crippen LogP contribution in [0.25, 0.3) is 0 Å². The predicted octanol–water partition coefficient (Wildman–Crippen LogP) is 3.01. The van der Waals surface area contributed by atoms with E-state index in [4.69, 9.17) is 0 Å². The summed E-state index contributed by atoms with van der Waals surface area (Å²) in [6, 6.07) is 2.86. The second-order valence-corrected chi connectivity index (χ2v) is 6.38. The molecule has 1 aliphatic rings. The summed E-state index contributed by atoms with van der Waals surface area (Å²) in [5.41, 5.74) is 1.18. The van der Waals surface area contributed by atoms with Gasteiger partial charge in [0.25, 0.3) is 6.43 Å². The van der Waals surface area contributed by atoms with Crippen LogP contribution in [0.5, 0.6) is 0 Å². The van der Waals surface area contributed by atoms with E-state index < -0.39 is 6.43 Å². The smallest absolute Gasteiger partial charge is 0.251 e. The highest BCUT2D eigenvalue weighted by Gasteiger charge is 2.20. The molecule has 102 valence electrons. The summed E-state index contributed by atoms with van der Waals surface area (Å²) in [5.74, 6) is 0. The normalized spacial score (nSPS) is 15.9. The molecule has 5 heteroatoms. The van der Waals surface area contributed by atoms with Gasteiger partial charge in [-0.25, -0.2) is 8.78 Å². The summed E-state index contributed by atoms with van der Waals surface area (Å²) in [6.45, 7) is 3.42. The molecule has 1 saturated carbocycles. The third-order valence-electron chi connectivity index (χ3n) is 3.10. The van der Waals surface area contributed by atoms with Crippen LogP contribution >= 0.6 is 11.3 Å². The molecule has 2 nitrogen and oxygen atoms in total. The van der Waals surface area contributed by atoms with E-state index >= 15 is 0 Å². The number of aryl methyl sites for hydroxylation is 1. The molecule has 0 amide bonds. The van der Waals surface area contributed by atoms with Gasteiger partial charge in [0.2, 0.25) is 0 Å². The summed E-state index contributed by atoms with van der Waals surface area (Å²) in [4.78, 5) is 4.22. The highest BCUT2D eigenvalue weighted by atomic mass is 32.1. The molecule has 0 saturated heterocycles. The number of thiophene rings is 1. The molecule has 1 aliphatic carbocycles. The van der Waals surface area contributed by atoms with Crippen LogP contribution in [0.1, 0.15) is 28.2 Å². The highest BCUT2D eigenvalue weighted by molar-refractivity contribution is 7.12. The lowest BCUT2D eigenvalue weighted by Gasteiger charge is -2.15. The minimum atomic E-state index is -2.26. The molecule has 2 rings (SSSR count). The van der Waals surface area contributed by atoms with Gasteiger partial charge in [-0.1, -0.05) is 0 Å². The molecule has 0 radical (unpaired) electrons. The topological polar surface area (TPSA) is 15.3 Å². The quantitative estimate of drug-likeness (QED) is 0.822. The second kappa shape index (κ2) is 6.08. The lowest BCUT2D eigenvalue weighted by molar-refractivity contribution is 0.0975. The van der Waals surface area contributed by atoms with Gasteiger partial charge in [-0.2, -0.15) is 0 Å². The van der Waals surface area contributed by atoms with Crippen molar-refractivity contribution in [1.29, 1.82) is 0 Å². The lowest BCUT2D eigenvalue weighted by atomic mass is 10.2. The van der Waals surface area contributed by atoms with Crippen molar-refractivity contribution in [3.63, 3.8) is 0 Å². The van der Waals surface area contributed by atoms with Gasteiger partial charge in [0.15, 0.2) is 0 Å². The average Bonchev–Trinajstić information content (AvgIpc) is 3.02. The Bertz CT molecular complexity index is 388. The van der Waals surface area contributed by atoms with Crippen molar-refractivity contribution in [1.82, 2.24) is 10.2 Å². The number of alkyl halides is 2. The van der Waals surface area contributed by atoms with E-state index in [1.54, 1.807) is 23.3 Å². The van der Waals surface area contributed by atoms with Crippen molar-refractivity contribution in [2.24, 2.45) is 0 Å². The molecule has 0 bridgehead atoms. The minimum absolute atomic E-state index is 0.162. The van der Waals surface area contributed by atoms with Gasteiger partial charge in [-0.3, -0.25) is 4.90 Å². The number of halogens is 2. The van der Waals surface area contributed by atoms with Crippen molar-refractivity contribution in [2.45, 2.75) is 45.3 Å². The largest absolute Gasteiger partial charge is 0.309 e. The Morgan fingerprint density at radius 1 is 1.50 bits per heavy atom. The first-order valence-electron chi connectivity index (χ1n) is 6.33. The Morgan fingerprint density at radius 3 is 2.83 bits per heavy atom. The van der Waals surface area contributed by atoms with Crippen LogP contribution in [0.15, 0.2) is 6.07 Å². The van der Waals surface area contributed by atoms with Crippen LogP contribution in [0, 0.1) is 6.92 Å². The first-order chi connectivity index (χ1) is 8.54. The van der Waals surface area contributed by atoms with E-state index in [0.29, 0.717) is 12.6 Å². The molecular weight excluding hydrogens is 254 g/mol. The molecule has 0 spiro atoms. The maximum atomic E-state index is 12.3. The van der Waals surface area contributed by atoms with E-state index in [-0.39, 0.29) is 6.54 Å². The molecule has 18 heavy (non-hydrogen) atoms. The Morgan fingerprint density at radius 2 is 2.22 bits per heavy atom. The molecule has 1 fully saturated rings. The fourth-order valence-electron chi connectivity index (χ4n) is 1.96. The number of nitrogens with zero attached hydrogens (tertiary/aromatic N) is 1. The number of rotatable bonds is 7. The van der Waals surface area contributed by atoms with E-state index in [9.17, 15) is 8.78 Å². The number of nitrogens with one attached hydrogen (secondary N) is 1. The van der Waals surface area contributed by atoms with Crippen LogP contribution in [-0.4, -0.2) is 31.0 Å². The highest BCUT2D eigenvalue weighted by Crippen LogP contribution is 2.25.